The summed E-state index contributed by atoms with van der Waals surface area (Å²) in [6, 6.07) is 8.79. The maximum atomic E-state index is 6.10. The molecule has 0 spiro atoms. The zero-order chi connectivity index (χ0) is 13.0. The van der Waals surface area contributed by atoms with Gasteiger partial charge in [-0.1, -0.05) is 30.7 Å². The number of nitrogens with two attached hydrogens (primary N) is 1. The van der Waals surface area contributed by atoms with Crippen molar-refractivity contribution in [3.8, 4) is 0 Å². The smallest absolute Gasteiger partial charge is 0.0409 e. The van der Waals surface area contributed by atoms with Crippen molar-refractivity contribution >= 4 is 11.6 Å². The van der Waals surface area contributed by atoms with Crippen LogP contribution < -0.4 is 5.73 Å². The summed E-state index contributed by atoms with van der Waals surface area (Å²) in [5.74, 6) is 0.720. The Morgan fingerprint density at radius 1 is 1.39 bits per heavy atom. The van der Waals surface area contributed by atoms with E-state index in [-0.39, 0.29) is 0 Å². The van der Waals surface area contributed by atoms with E-state index >= 15 is 0 Å². The van der Waals surface area contributed by atoms with Crippen LogP contribution in [0.1, 0.15) is 37.8 Å². The molecule has 1 heterocycles. The molecule has 1 atom stereocenters. The monoisotopic (exact) mass is 266 g/mol. The third-order valence-electron chi connectivity index (χ3n) is 4.04. The minimum atomic E-state index is 0.502. The molecule has 100 valence electrons. The van der Waals surface area contributed by atoms with E-state index in [1.807, 2.05) is 12.1 Å². The molecule has 0 aliphatic carbocycles. The Bertz CT molecular complexity index is 373. The fourth-order valence-corrected chi connectivity index (χ4v) is 3.12. The second-order valence-corrected chi connectivity index (χ2v) is 5.63. The number of benzene rings is 1. The molecule has 0 saturated carbocycles. The highest BCUT2D eigenvalue weighted by molar-refractivity contribution is 6.30. The van der Waals surface area contributed by atoms with Gasteiger partial charge in [-0.15, -0.1) is 0 Å². The summed E-state index contributed by atoms with van der Waals surface area (Å²) >= 11 is 6.10. The average Bonchev–Trinajstić information content (AvgIpc) is 2.40. The Hall–Kier alpha value is -0.570. The third kappa shape index (κ3) is 3.25. The molecule has 0 bridgehead atoms. The molecule has 1 aliphatic heterocycles. The van der Waals surface area contributed by atoms with Gasteiger partial charge in [-0.2, -0.15) is 0 Å². The van der Waals surface area contributed by atoms with E-state index in [9.17, 15) is 0 Å². The zero-order valence-corrected chi connectivity index (χ0v) is 11.9. The van der Waals surface area contributed by atoms with Crippen molar-refractivity contribution in [2.45, 2.75) is 32.2 Å². The molecule has 3 heteroatoms. The Morgan fingerprint density at radius 2 is 2.11 bits per heavy atom. The van der Waals surface area contributed by atoms with Gasteiger partial charge in [-0.3, -0.25) is 4.90 Å². The van der Waals surface area contributed by atoms with Crippen molar-refractivity contribution in [2.24, 2.45) is 11.7 Å². The highest BCUT2D eigenvalue weighted by atomic mass is 35.5. The lowest BCUT2D eigenvalue weighted by molar-refractivity contribution is 0.131. The Labute approximate surface area is 115 Å². The van der Waals surface area contributed by atoms with Gasteiger partial charge in [0.15, 0.2) is 0 Å². The summed E-state index contributed by atoms with van der Waals surface area (Å²) < 4.78 is 0. The topological polar surface area (TPSA) is 29.3 Å². The van der Waals surface area contributed by atoms with Crippen LogP contribution in [0.15, 0.2) is 24.3 Å². The van der Waals surface area contributed by atoms with Crippen LogP contribution in [0.25, 0.3) is 0 Å². The fourth-order valence-electron chi connectivity index (χ4n) is 2.92. The number of hydrogen-bond donors (Lipinski definition) is 1. The van der Waals surface area contributed by atoms with Gasteiger partial charge in [0.2, 0.25) is 0 Å². The Morgan fingerprint density at radius 3 is 2.67 bits per heavy atom. The summed E-state index contributed by atoms with van der Waals surface area (Å²) in [4.78, 5) is 2.58. The van der Waals surface area contributed by atoms with Crippen LogP contribution in [0.3, 0.4) is 0 Å². The number of likely N-dealkylation sites (tertiary alicyclic amines) is 1. The first-order chi connectivity index (χ1) is 8.74. The van der Waals surface area contributed by atoms with Crippen molar-refractivity contribution in [1.29, 1.82) is 0 Å². The maximum absolute atomic E-state index is 6.10. The molecule has 2 N–H and O–H groups in total. The van der Waals surface area contributed by atoms with Crippen LogP contribution in [0.5, 0.6) is 0 Å². The van der Waals surface area contributed by atoms with E-state index in [2.05, 4.69) is 24.0 Å². The molecular formula is C15H23ClN2. The van der Waals surface area contributed by atoms with E-state index in [4.69, 9.17) is 17.3 Å². The van der Waals surface area contributed by atoms with Crippen LogP contribution in [-0.4, -0.2) is 24.5 Å². The van der Waals surface area contributed by atoms with Gasteiger partial charge in [0.25, 0.3) is 0 Å². The molecule has 0 radical (unpaired) electrons. The normalized spacial score (nSPS) is 19.9. The van der Waals surface area contributed by atoms with Crippen LogP contribution in [0, 0.1) is 5.92 Å². The van der Waals surface area contributed by atoms with Gasteiger partial charge in [0.05, 0.1) is 0 Å². The summed E-state index contributed by atoms with van der Waals surface area (Å²) in [6.45, 7) is 5.40. The number of rotatable bonds is 4. The molecule has 2 rings (SSSR count). The second-order valence-electron chi connectivity index (χ2n) is 5.19. The lowest BCUT2D eigenvalue weighted by atomic mass is 9.93. The van der Waals surface area contributed by atoms with Crippen LogP contribution in [-0.2, 0) is 0 Å². The summed E-state index contributed by atoms with van der Waals surface area (Å²) in [7, 11) is 0. The van der Waals surface area contributed by atoms with Gasteiger partial charge in [0.1, 0.15) is 0 Å². The Kier molecular flexibility index (Phi) is 5.04. The number of piperidine rings is 1. The molecule has 1 aromatic rings. The van der Waals surface area contributed by atoms with Crippen molar-refractivity contribution in [1.82, 2.24) is 4.90 Å². The minimum absolute atomic E-state index is 0.502. The first-order valence-corrected chi connectivity index (χ1v) is 7.32. The zero-order valence-electron chi connectivity index (χ0n) is 11.1. The average molecular weight is 267 g/mol. The van der Waals surface area contributed by atoms with Gasteiger partial charge in [0, 0.05) is 11.1 Å². The van der Waals surface area contributed by atoms with Gasteiger partial charge >= 0.3 is 0 Å². The molecule has 18 heavy (non-hydrogen) atoms. The van der Waals surface area contributed by atoms with Crippen molar-refractivity contribution < 1.29 is 0 Å². The number of nitrogens with zero attached hydrogens (tertiary/aromatic N) is 1. The lowest BCUT2D eigenvalue weighted by Gasteiger charge is -2.37. The molecule has 1 fully saturated rings. The third-order valence-corrected chi connectivity index (χ3v) is 4.28. The van der Waals surface area contributed by atoms with Crippen LogP contribution in [0.2, 0.25) is 5.02 Å². The number of halogens is 1. The molecular weight excluding hydrogens is 244 g/mol. The highest BCUT2D eigenvalue weighted by Crippen LogP contribution is 2.30. The molecule has 0 amide bonds. The van der Waals surface area contributed by atoms with Crippen LogP contribution >= 0.6 is 11.6 Å². The first kappa shape index (κ1) is 13.9. The summed E-state index contributed by atoms with van der Waals surface area (Å²) in [5.41, 5.74) is 7.10. The lowest BCUT2D eigenvalue weighted by Crippen LogP contribution is -2.38. The maximum Gasteiger partial charge on any atom is 0.0409 e. The molecule has 1 aliphatic rings. The molecule has 1 aromatic carbocycles. The van der Waals surface area contributed by atoms with Gasteiger partial charge < -0.3 is 5.73 Å². The van der Waals surface area contributed by atoms with Gasteiger partial charge in [-0.25, -0.2) is 0 Å². The van der Waals surface area contributed by atoms with Gasteiger partial charge in [-0.05, 0) is 62.5 Å². The molecule has 1 unspecified atom stereocenters. The standard InChI is InChI=1S/C15H23ClN2/c1-2-15(13-4-3-5-14(16)10-13)18-8-6-12(11-17)7-9-18/h3-5,10,12,15H,2,6-9,11,17H2,1H3. The van der Waals surface area contributed by atoms with E-state index < -0.39 is 0 Å². The highest BCUT2D eigenvalue weighted by Gasteiger charge is 2.24. The molecule has 0 aromatic heterocycles. The summed E-state index contributed by atoms with van der Waals surface area (Å²) in [6.07, 6.45) is 3.59. The van der Waals surface area contributed by atoms with Crippen molar-refractivity contribution in [2.75, 3.05) is 19.6 Å². The van der Waals surface area contributed by atoms with Crippen molar-refractivity contribution in [3.63, 3.8) is 0 Å². The molecule has 2 nitrogen and oxygen atoms in total. The van der Waals surface area contributed by atoms with E-state index in [0.29, 0.717) is 6.04 Å². The first-order valence-electron chi connectivity index (χ1n) is 6.94. The predicted molar refractivity (Wildman–Crippen MR) is 77.8 cm³/mol. The Balaban J connectivity index is 2.05. The van der Waals surface area contributed by atoms with Crippen LogP contribution in [0.4, 0.5) is 0 Å². The SMILES string of the molecule is CCC(c1cccc(Cl)c1)N1CCC(CN)CC1. The van der Waals surface area contributed by atoms with E-state index in [0.717, 1.165) is 37.0 Å². The fraction of sp³-hybridized carbons (Fsp3) is 0.600. The van der Waals surface area contributed by atoms with E-state index in [1.54, 1.807) is 0 Å². The molecule has 1 saturated heterocycles. The second kappa shape index (κ2) is 6.55. The summed E-state index contributed by atoms with van der Waals surface area (Å²) in [5, 5.41) is 0.836. The quantitative estimate of drug-likeness (QED) is 0.904. The number of hydrogen-bond acceptors (Lipinski definition) is 2. The minimum Gasteiger partial charge on any atom is -0.330 e. The largest absolute Gasteiger partial charge is 0.330 e. The van der Waals surface area contributed by atoms with Crippen molar-refractivity contribution in [3.05, 3.63) is 34.9 Å². The predicted octanol–water partition coefficient (Wildman–Crippen LogP) is 3.46. The van der Waals surface area contributed by atoms with E-state index in [1.165, 1.54) is 18.4 Å².